The molecule has 0 aliphatic carbocycles. The van der Waals surface area contributed by atoms with Crippen LogP contribution in [0.25, 0.3) is 0 Å². The number of nitrogens with zero attached hydrogens (tertiary/aromatic N) is 3. The lowest BCUT2D eigenvalue weighted by Gasteiger charge is -2.06. The predicted molar refractivity (Wildman–Crippen MR) is 68.1 cm³/mol. The van der Waals surface area contributed by atoms with Gasteiger partial charge in [0.2, 0.25) is 0 Å². The number of hydrogen-bond acceptors (Lipinski definition) is 2. The summed E-state index contributed by atoms with van der Waals surface area (Å²) < 4.78 is 3.19. The van der Waals surface area contributed by atoms with Crippen molar-refractivity contribution in [1.29, 1.82) is 5.26 Å². The van der Waals surface area contributed by atoms with Crippen LogP contribution >= 0.6 is 15.9 Å². The zero-order chi connectivity index (χ0) is 12.0. The lowest BCUT2D eigenvalue weighted by Crippen LogP contribution is -2.04. The Morgan fingerprint density at radius 2 is 2.19 bits per heavy atom. The molecule has 0 bridgehead atoms. The van der Waals surface area contributed by atoms with Crippen LogP contribution in [0.5, 0.6) is 0 Å². The molecule has 3 nitrogen and oxygen atoms in total. The van der Waals surface area contributed by atoms with E-state index in [1.54, 1.807) is 0 Å². The third-order valence-corrected chi connectivity index (χ3v) is 3.47. The van der Waals surface area contributed by atoms with Gasteiger partial charge in [-0.25, -0.2) is 4.98 Å². The maximum Gasteiger partial charge on any atom is 0.109 e. The quantitative estimate of drug-likeness (QED) is 0.802. The van der Waals surface area contributed by atoms with Crippen LogP contribution in [0.1, 0.15) is 44.6 Å². The summed E-state index contributed by atoms with van der Waals surface area (Å²) in [5, 5.41) is 8.65. The molecule has 0 amide bonds. The molecule has 0 spiro atoms. The smallest absolute Gasteiger partial charge is 0.109 e. The lowest BCUT2D eigenvalue weighted by atomic mass is 10.2. The molecule has 0 aromatic carbocycles. The SMILES string of the molecule is CCCCc1nc(CC)c(Br)n1CCC#N. The van der Waals surface area contributed by atoms with Crippen molar-refractivity contribution < 1.29 is 0 Å². The highest BCUT2D eigenvalue weighted by Gasteiger charge is 2.12. The van der Waals surface area contributed by atoms with Crippen LogP contribution in [0.3, 0.4) is 0 Å². The second-order valence-corrected chi connectivity index (χ2v) is 4.53. The normalized spacial score (nSPS) is 10.4. The predicted octanol–water partition coefficient (Wildman–Crippen LogP) is 3.46. The molecule has 4 heteroatoms. The number of unbranched alkanes of at least 4 members (excludes halogenated alkanes) is 1. The van der Waals surface area contributed by atoms with Crippen LogP contribution in [-0.2, 0) is 19.4 Å². The van der Waals surface area contributed by atoms with E-state index >= 15 is 0 Å². The Hall–Kier alpha value is -0.820. The average molecular weight is 284 g/mol. The van der Waals surface area contributed by atoms with Gasteiger partial charge in [-0.3, -0.25) is 0 Å². The standard InChI is InChI=1S/C12H18BrN3/c1-3-5-7-11-15-10(4-2)12(13)16(11)9-6-8-14/h3-7,9H2,1-2H3. The van der Waals surface area contributed by atoms with Crippen molar-refractivity contribution in [3.8, 4) is 6.07 Å². The van der Waals surface area contributed by atoms with Gasteiger partial charge in [0.1, 0.15) is 10.4 Å². The molecule has 1 aromatic rings. The van der Waals surface area contributed by atoms with Crippen LogP contribution in [0.15, 0.2) is 4.60 Å². The number of imidazole rings is 1. The van der Waals surface area contributed by atoms with Crippen molar-refractivity contribution in [2.24, 2.45) is 0 Å². The fourth-order valence-corrected chi connectivity index (χ4v) is 2.42. The van der Waals surface area contributed by atoms with Crippen LogP contribution in [0.2, 0.25) is 0 Å². The van der Waals surface area contributed by atoms with Gasteiger partial charge in [0.25, 0.3) is 0 Å². The zero-order valence-corrected chi connectivity index (χ0v) is 11.5. The van der Waals surface area contributed by atoms with Gasteiger partial charge in [0, 0.05) is 13.0 Å². The van der Waals surface area contributed by atoms with Gasteiger partial charge >= 0.3 is 0 Å². The maximum absolute atomic E-state index is 8.65. The van der Waals surface area contributed by atoms with E-state index in [-0.39, 0.29) is 0 Å². The first-order chi connectivity index (χ1) is 7.74. The minimum absolute atomic E-state index is 0.539. The Labute approximate surface area is 106 Å². The molecule has 0 atom stereocenters. The van der Waals surface area contributed by atoms with Crippen LogP contribution in [0, 0.1) is 11.3 Å². The fourth-order valence-electron chi connectivity index (χ4n) is 1.67. The van der Waals surface area contributed by atoms with Crippen LogP contribution in [0.4, 0.5) is 0 Å². The summed E-state index contributed by atoms with van der Waals surface area (Å²) in [6.45, 7) is 5.02. The molecule has 1 aromatic heterocycles. The first-order valence-electron chi connectivity index (χ1n) is 5.85. The maximum atomic E-state index is 8.65. The summed E-state index contributed by atoms with van der Waals surface area (Å²) in [5.74, 6) is 1.11. The number of hydrogen-bond donors (Lipinski definition) is 0. The summed E-state index contributed by atoms with van der Waals surface area (Å²) in [6.07, 6.45) is 4.79. The molecule has 1 rings (SSSR count). The first-order valence-corrected chi connectivity index (χ1v) is 6.64. The molecule has 16 heavy (non-hydrogen) atoms. The average Bonchev–Trinajstić information content (AvgIpc) is 2.60. The number of aryl methyl sites for hydroxylation is 2. The van der Waals surface area contributed by atoms with Crippen molar-refractivity contribution >= 4 is 15.9 Å². The second kappa shape index (κ2) is 6.70. The minimum Gasteiger partial charge on any atom is -0.321 e. The molecule has 0 aliphatic rings. The number of halogens is 1. The highest BCUT2D eigenvalue weighted by molar-refractivity contribution is 9.10. The molecule has 1 heterocycles. The van der Waals surface area contributed by atoms with Crippen LogP contribution in [-0.4, -0.2) is 9.55 Å². The van der Waals surface area contributed by atoms with Crippen molar-refractivity contribution in [3.63, 3.8) is 0 Å². The molecule has 0 saturated heterocycles. The molecule has 0 N–H and O–H groups in total. The van der Waals surface area contributed by atoms with Gasteiger partial charge in [0.15, 0.2) is 0 Å². The van der Waals surface area contributed by atoms with Gasteiger partial charge in [-0.15, -0.1) is 0 Å². The van der Waals surface area contributed by atoms with Gasteiger partial charge in [-0.1, -0.05) is 20.3 Å². The van der Waals surface area contributed by atoms with Crippen molar-refractivity contribution in [1.82, 2.24) is 9.55 Å². The van der Waals surface area contributed by atoms with Crippen LogP contribution < -0.4 is 0 Å². The molecule has 0 fully saturated rings. The van der Waals surface area contributed by atoms with E-state index in [1.165, 1.54) is 6.42 Å². The van der Waals surface area contributed by atoms with Gasteiger partial charge in [-0.05, 0) is 28.8 Å². The molecule has 0 saturated carbocycles. The highest BCUT2D eigenvalue weighted by atomic mass is 79.9. The zero-order valence-electron chi connectivity index (χ0n) is 9.96. The summed E-state index contributed by atoms with van der Waals surface area (Å²) in [7, 11) is 0. The van der Waals surface area contributed by atoms with E-state index in [0.29, 0.717) is 6.42 Å². The summed E-state index contributed by atoms with van der Waals surface area (Å²) >= 11 is 3.58. The van der Waals surface area contributed by atoms with Gasteiger partial charge < -0.3 is 4.57 Å². The third-order valence-electron chi connectivity index (χ3n) is 2.59. The van der Waals surface area contributed by atoms with E-state index in [1.807, 2.05) is 0 Å². The fraction of sp³-hybridized carbons (Fsp3) is 0.667. The van der Waals surface area contributed by atoms with Gasteiger partial charge in [-0.2, -0.15) is 5.26 Å². The highest BCUT2D eigenvalue weighted by Crippen LogP contribution is 2.21. The molecular formula is C12H18BrN3. The Morgan fingerprint density at radius 3 is 2.75 bits per heavy atom. The number of aromatic nitrogens is 2. The molecular weight excluding hydrogens is 266 g/mol. The minimum atomic E-state index is 0.539. The first kappa shape index (κ1) is 13.2. The van der Waals surface area contributed by atoms with Crippen molar-refractivity contribution in [2.75, 3.05) is 0 Å². The Morgan fingerprint density at radius 1 is 1.44 bits per heavy atom. The summed E-state index contributed by atoms with van der Waals surface area (Å²) in [4.78, 5) is 4.63. The topological polar surface area (TPSA) is 41.6 Å². The van der Waals surface area contributed by atoms with E-state index in [0.717, 1.165) is 41.9 Å². The van der Waals surface area contributed by atoms with E-state index in [2.05, 4.69) is 45.4 Å². The Balaban J connectivity index is 2.90. The number of nitriles is 1. The summed E-state index contributed by atoms with van der Waals surface area (Å²) in [5.41, 5.74) is 1.10. The number of rotatable bonds is 6. The third kappa shape index (κ3) is 3.08. The molecule has 0 radical (unpaired) electrons. The van der Waals surface area contributed by atoms with Crippen molar-refractivity contribution in [2.45, 2.75) is 52.5 Å². The monoisotopic (exact) mass is 283 g/mol. The van der Waals surface area contributed by atoms with E-state index in [9.17, 15) is 0 Å². The van der Waals surface area contributed by atoms with Gasteiger partial charge in [0.05, 0.1) is 18.2 Å². The van der Waals surface area contributed by atoms with Crippen molar-refractivity contribution in [3.05, 3.63) is 16.1 Å². The Bertz CT molecular complexity index is 376. The van der Waals surface area contributed by atoms with E-state index < -0.39 is 0 Å². The molecule has 0 unspecified atom stereocenters. The lowest BCUT2D eigenvalue weighted by molar-refractivity contribution is 0.631. The summed E-state index contributed by atoms with van der Waals surface area (Å²) in [6, 6.07) is 2.18. The largest absolute Gasteiger partial charge is 0.321 e. The van der Waals surface area contributed by atoms with E-state index in [4.69, 9.17) is 5.26 Å². The molecule has 0 aliphatic heterocycles. The Kier molecular flexibility index (Phi) is 5.54. The molecule has 88 valence electrons. The second-order valence-electron chi connectivity index (χ2n) is 3.78.